The number of hydrogen-bond acceptors (Lipinski definition) is 6. The summed E-state index contributed by atoms with van der Waals surface area (Å²) >= 11 is 0. The standard InChI is InChI=1S/C24H32O6/c1-9-14-13(2)21(15-10-17(26-4)18(27-5)11-16(15)25-3)23-22(14)19(28-6)12-20(29-7)24(23)30-8/h10-14,21H,9H2,1-8H3. The monoisotopic (exact) mass is 416 g/mol. The fourth-order valence-electron chi connectivity index (χ4n) is 4.94. The number of hydrogen-bond donors (Lipinski definition) is 0. The molecular weight excluding hydrogens is 384 g/mol. The third kappa shape index (κ3) is 3.28. The zero-order valence-corrected chi connectivity index (χ0v) is 19.1. The van der Waals surface area contributed by atoms with Crippen LogP contribution in [0.5, 0.6) is 34.5 Å². The molecule has 0 N–H and O–H groups in total. The van der Waals surface area contributed by atoms with Crippen LogP contribution in [0.25, 0.3) is 0 Å². The molecule has 6 heteroatoms. The molecule has 3 rings (SSSR count). The molecule has 6 nitrogen and oxygen atoms in total. The summed E-state index contributed by atoms with van der Waals surface area (Å²) in [5.41, 5.74) is 3.28. The number of ether oxygens (including phenoxy) is 6. The van der Waals surface area contributed by atoms with Gasteiger partial charge in [-0.2, -0.15) is 0 Å². The van der Waals surface area contributed by atoms with Gasteiger partial charge in [-0.05, 0) is 24.3 Å². The Balaban J connectivity index is 2.37. The summed E-state index contributed by atoms with van der Waals surface area (Å²) in [7, 11) is 9.95. The van der Waals surface area contributed by atoms with Crippen molar-refractivity contribution in [3.05, 3.63) is 34.9 Å². The van der Waals surface area contributed by atoms with Gasteiger partial charge in [-0.3, -0.25) is 0 Å². The normalized spacial score (nSPS) is 19.8. The molecule has 0 aromatic heterocycles. The number of benzene rings is 2. The largest absolute Gasteiger partial charge is 0.496 e. The van der Waals surface area contributed by atoms with Crippen molar-refractivity contribution in [1.29, 1.82) is 0 Å². The van der Waals surface area contributed by atoms with Gasteiger partial charge in [0.25, 0.3) is 0 Å². The third-order valence-corrected chi connectivity index (χ3v) is 6.28. The molecular formula is C24H32O6. The van der Waals surface area contributed by atoms with E-state index in [1.54, 1.807) is 42.7 Å². The molecule has 2 aromatic carbocycles. The molecule has 3 atom stereocenters. The molecule has 1 aliphatic rings. The van der Waals surface area contributed by atoms with Gasteiger partial charge in [0, 0.05) is 34.7 Å². The van der Waals surface area contributed by atoms with Crippen LogP contribution in [0.15, 0.2) is 18.2 Å². The van der Waals surface area contributed by atoms with Crippen LogP contribution in [0.3, 0.4) is 0 Å². The Kier molecular flexibility index (Phi) is 6.54. The first kappa shape index (κ1) is 21.9. The maximum Gasteiger partial charge on any atom is 0.165 e. The van der Waals surface area contributed by atoms with E-state index < -0.39 is 0 Å². The SMILES string of the molecule is CCC1c2c(OC)cc(OC)c(OC)c2C(c2cc(OC)c(OC)cc2OC)C1C. The van der Waals surface area contributed by atoms with Crippen LogP contribution in [0.1, 0.15) is 48.8 Å². The van der Waals surface area contributed by atoms with Crippen LogP contribution in [-0.2, 0) is 0 Å². The minimum Gasteiger partial charge on any atom is -0.496 e. The molecule has 164 valence electrons. The summed E-state index contributed by atoms with van der Waals surface area (Å²) in [5.74, 6) is 4.85. The quantitative estimate of drug-likeness (QED) is 0.603. The predicted octanol–water partition coefficient (Wildman–Crippen LogP) is 5.01. The van der Waals surface area contributed by atoms with Crippen LogP contribution < -0.4 is 28.4 Å². The second-order valence-electron chi connectivity index (χ2n) is 7.44. The number of rotatable bonds is 8. The van der Waals surface area contributed by atoms with Gasteiger partial charge in [-0.25, -0.2) is 0 Å². The Labute approximate surface area is 179 Å². The molecule has 0 saturated carbocycles. The average Bonchev–Trinajstić information content (AvgIpc) is 3.08. The molecule has 0 spiro atoms. The van der Waals surface area contributed by atoms with E-state index >= 15 is 0 Å². The van der Waals surface area contributed by atoms with E-state index in [1.807, 2.05) is 18.2 Å². The predicted molar refractivity (Wildman–Crippen MR) is 116 cm³/mol. The number of fused-ring (bicyclic) bond motifs is 1. The van der Waals surface area contributed by atoms with Gasteiger partial charge < -0.3 is 28.4 Å². The first-order valence-corrected chi connectivity index (χ1v) is 10.1. The smallest absolute Gasteiger partial charge is 0.165 e. The summed E-state index contributed by atoms with van der Waals surface area (Å²) < 4.78 is 34.2. The van der Waals surface area contributed by atoms with Gasteiger partial charge in [0.1, 0.15) is 11.5 Å². The van der Waals surface area contributed by atoms with Gasteiger partial charge in [-0.1, -0.05) is 13.8 Å². The van der Waals surface area contributed by atoms with Crippen molar-refractivity contribution < 1.29 is 28.4 Å². The topological polar surface area (TPSA) is 55.4 Å². The Morgan fingerprint density at radius 3 is 1.67 bits per heavy atom. The first-order valence-electron chi connectivity index (χ1n) is 10.1. The minimum atomic E-state index is 0.0126. The summed E-state index contributed by atoms with van der Waals surface area (Å²) in [6, 6.07) is 5.80. The van der Waals surface area contributed by atoms with Crippen molar-refractivity contribution in [2.24, 2.45) is 5.92 Å². The van der Waals surface area contributed by atoms with E-state index in [0.29, 0.717) is 23.2 Å². The Bertz CT molecular complexity index is 907. The van der Waals surface area contributed by atoms with Crippen LogP contribution in [0.2, 0.25) is 0 Å². The lowest BCUT2D eigenvalue weighted by Crippen LogP contribution is -2.11. The van der Waals surface area contributed by atoms with Crippen LogP contribution >= 0.6 is 0 Å². The van der Waals surface area contributed by atoms with Gasteiger partial charge in [0.05, 0.1) is 42.7 Å². The van der Waals surface area contributed by atoms with Crippen LogP contribution in [0, 0.1) is 5.92 Å². The lowest BCUT2D eigenvalue weighted by molar-refractivity contribution is 0.340. The van der Waals surface area contributed by atoms with E-state index in [1.165, 1.54) is 5.56 Å². The fraction of sp³-hybridized carbons (Fsp3) is 0.500. The highest BCUT2D eigenvalue weighted by atomic mass is 16.5. The summed E-state index contributed by atoms with van der Waals surface area (Å²) in [6.07, 6.45) is 0.978. The van der Waals surface area contributed by atoms with Crippen LogP contribution in [-0.4, -0.2) is 42.7 Å². The summed E-state index contributed by atoms with van der Waals surface area (Å²) in [5, 5.41) is 0. The lowest BCUT2D eigenvalue weighted by atomic mass is 9.82. The van der Waals surface area contributed by atoms with Crippen molar-refractivity contribution in [2.75, 3.05) is 42.7 Å². The first-order chi connectivity index (χ1) is 14.5. The highest BCUT2D eigenvalue weighted by Crippen LogP contribution is 2.60. The van der Waals surface area contributed by atoms with Crippen molar-refractivity contribution in [3.63, 3.8) is 0 Å². The van der Waals surface area contributed by atoms with Crippen LogP contribution in [0.4, 0.5) is 0 Å². The van der Waals surface area contributed by atoms with E-state index in [9.17, 15) is 0 Å². The molecule has 0 radical (unpaired) electrons. The van der Waals surface area contributed by atoms with E-state index in [4.69, 9.17) is 28.4 Å². The molecule has 1 aliphatic carbocycles. The lowest BCUT2D eigenvalue weighted by Gasteiger charge is -2.25. The van der Waals surface area contributed by atoms with Gasteiger partial charge in [0.2, 0.25) is 0 Å². The molecule has 0 bridgehead atoms. The third-order valence-electron chi connectivity index (χ3n) is 6.28. The van der Waals surface area contributed by atoms with Gasteiger partial charge in [0.15, 0.2) is 23.0 Å². The Morgan fingerprint density at radius 1 is 0.633 bits per heavy atom. The highest BCUT2D eigenvalue weighted by molar-refractivity contribution is 5.66. The molecule has 3 unspecified atom stereocenters. The molecule has 0 saturated heterocycles. The maximum absolute atomic E-state index is 5.87. The molecule has 0 heterocycles. The highest BCUT2D eigenvalue weighted by Gasteiger charge is 2.44. The van der Waals surface area contributed by atoms with E-state index in [-0.39, 0.29) is 11.8 Å². The summed E-state index contributed by atoms with van der Waals surface area (Å²) in [4.78, 5) is 0. The molecule has 0 aliphatic heterocycles. The molecule has 0 fully saturated rings. The van der Waals surface area contributed by atoms with Crippen molar-refractivity contribution >= 4 is 0 Å². The van der Waals surface area contributed by atoms with Gasteiger partial charge in [-0.15, -0.1) is 0 Å². The molecule has 30 heavy (non-hydrogen) atoms. The molecule has 2 aromatic rings. The molecule has 0 amide bonds. The number of methoxy groups -OCH3 is 6. The van der Waals surface area contributed by atoms with Gasteiger partial charge >= 0.3 is 0 Å². The van der Waals surface area contributed by atoms with E-state index in [2.05, 4.69) is 13.8 Å². The second-order valence-corrected chi connectivity index (χ2v) is 7.44. The zero-order chi connectivity index (χ0) is 22.0. The van der Waals surface area contributed by atoms with Crippen molar-refractivity contribution in [2.45, 2.75) is 32.1 Å². The second kappa shape index (κ2) is 8.94. The average molecular weight is 417 g/mol. The maximum atomic E-state index is 5.87. The minimum absolute atomic E-state index is 0.0126. The van der Waals surface area contributed by atoms with Crippen molar-refractivity contribution in [1.82, 2.24) is 0 Å². The Morgan fingerprint density at radius 2 is 1.17 bits per heavy atom. The van der Waals surface area contributed by atoms with Crippen molar-refractivity contribution in [3.8, 4) is 34.5 Å². The zero-order valence-electron chi connectivity index (χ0n) is 19.1. The Hall–Kier alpha value is -2.76. The van der Waals surface area contributed by atoms with E-state index in [0.717, 1.165) is 34.8 Å². The fourth-order valence-corrected chi connectivity index (χ4v) is 4.94. The summed E-state index contributed by atoms with van der Waals surface area (Å²) in [6.45, 7) is 4.47.